The molecular formula is C19H20FN3O4. The molecule has 0 aliphatic rings. The molecule has 0 aliphatic carbocycles. The van der Waals surface area contributed by atoms with Gasteiger partial charge in [-0.15, -0.1) is 0 Å². The number of benzene rings is 2. The van der Waals surface area contributed by atoms with E-state index in [2.05, 4.69) is 10.6 Å². The van der Waals surface area contributed by atoms with Crippen molar-refractivity contribution in [2.45, 2.75) is 25.5 Å². The molecule has 0 aromatic heterocycles. The summed E-state index contributed by atoms with van der Waals surface area (Å²) in [6, 6.07) is 12.3. The first-order valence-corrected chi connectivity index (χ1v) is 8.22. The molecule has 0 unspecified atom stereocenters. The van der Waals surface area contributed by atoms with Gasteiger partial charge in [0.1, 0.15) is 11.9 Å². The molecule has 0 aliphatic heterocycles. The number of carbonyl (C=O) groups excluding carboxylic acids is 3. The highest BCUT2D eigenvalue weighted by molar-refractivity contribution is 5.95. The van der Waals surface area contributed by atoms with Gasteiger partial charge in [-0.1, -0.05) is 36.4 Å². The number of hydrogen-bond donors (Lipinski definition) is 3. The number of ether oxygens (including phenoxy) is 1. The van der Waals surface area contributed by atoms with Crippen LogP contribution in [0.2, 0.25) is 0 Å². The second-order valence-electron chi connectivity index (χ2n) is 5.83. The number of esters is 1. The van der Waals surface area contributed by atoms with Gasteiger partial charge in [0.2, 0.25) is 0 Å². The van der Waals surface area contributed by atoms with Crippen LogP contribution in [0.5, 0.6) is 0 Å². The Morgan fingerprint density at radius 3 is 2.44 bits per heavy atom. The predicted octanol–water partition coefficient (Wildman–Crippen LogP) is 1.98. The number of rotatable bonds is 7. The largest absolute Gasteiger partial charge is 0.451 e. The fourth-order valence-corrected chi connectivity index (χ4v) is 2.33. The van der Waals surface area contributed by atoms with Crippen molar-refractivity contribution in [3.63, 3.8) is 0 Å². The molecule has 2 atom stereocenters. The first-order chi connectivity index (χ1) is 12.8. The quantitative estimate of drug-likeness (QED) is 0.645. The second kappa shape index (κ2) is 9.33. The highest BCUT2D eigenvalue weighted by Gasteiger charge is 2.26. The zero-order valence-corrected chi connectivity index (χ0v) is 14.6. The van der Waals surface area contributed by atoms with E-state index in [-0.39, 0.29) is 12.1 Å². The Morgan fingerprint density at radius 1 is 1.11 bits per heavy atom. The monoisotopic (exact) mass is 373 g/mol. The third-order valence-corrected chi connectivity index (χ3v) is 3.64. The normalized spacial score (nSPS) is 12.5. The number of urea groups is 1. The maximum absolute atomic E-state index is 13.2. The van der Waals surface area contributed by atoms with Crippen molar-refractivity contribution < 1.29 is 23.5 Å². The zero-order valence-electron chi connectivity index (χ0n) is 14.6. The Kier molecular flexibility index (Phi) is 6.87. The van der Waals surface area contributed by atoms with E-state index < -0.39 is 35.9 Å². The number of hydrogen-bond acceptors (Lipinski definition) is 4. The first-order valence-electron chi connectivity index (χ1n) is 8.22. The third-order valence-electron chi connectivity index (χ3n) is 3.64. The molecule has 4 N–H and O–H groups in total. The van der Waals surface area contributed by atoms with Crippen LogP contribution in [-0.2, 0) is 20.7 Å². The van der Waals surface area contributed by atoms with E-state index in [1.54, 1.807) is 24.3 Å². The predicted molar refractivity (Wildman–Crippen MR) is 97.2 cm³/mol. The molecular weight excluding hydrogens is 353 g/mol. The van der Waals surface area contributed by atoms with Crippen molar-refractivity contribution in [2.24, 2.45) is 5.73 Å². The van der Waals surface area contributed by atoms with Crippen LogP contribution >= 0.6 is 0 Å². The molecule has 0 fully saturated rings. The van der Waals surface area contributed by atoms with E-state index in [0.717, 1.165) is 11.6 Å². The van der Waals surface area contributed by atoms with Crippen LogP contribution in [0.4, 0.5) is 14.9 Å². The number of nitrogens with one attached hydrogen (secondary N) is 2. The van der Waals surface area contributed by atoms with Crippen molar-refractivity contribution >= 4 is 23.6 Å². The van der Waals surface area contributed by atoms with E-state index in [1.807, 2.05) is 6.07 Å². The average molecular weight is 373 g/mol. The molecule has 2 aromatic carbocycles. The molecule has 3 amide bonds. The van der Waals surface area contributed by atoms with Crippen LogP contribution in [0.3, 0.4) is 0 Å². The van der Waals surface area contributed by atoms with Crippen LogP contribution in [-0.4, -0.2) is 30.1 Å². The zero-order chi connectivity index (χ0) is 19.8. The fraction of sp³-hybridized carbons (Fsp3) is 0.211. The van der Waals surface area contributed by atoms with E-state index in [1.165, 1.54) is 25.1 Å². The lowest BCUT2D eigenvalue weighted by Crippen LogP contribution is -2.47. The maximum atomic E-state index is 13.2. The van der Waals surface area contributed by atoms with Crippen molar-refractivity contribution in [1.29, 1.82) is 0 Å². The second-order valence-corrected chi connectivity index (χ2v) is 5.83. The van der Waals surface area contributed by atoms with Gasteiger partial charge in [0, 0.05) is 12.1 Å². The molecule has 142 valence electrons. The molecule has 2 aromatic rings. The summed E-state index contributed by atoms with van der Waals surface area (Å²) in [4.78, 5) is 35.7. The molecule has 27 heavy (non-hydrogen) atoms. The van der Waals surface area contributed by atoms with Crippen LogP contribution in [0.25, 0.3) is 0 Å². The van der Waals surface area contributed by atoms with Crippen molar-refractivity contribution in [2.75, 3.05) is 5.32 Å². The van der Waals surface area contributed by atoms with E-state index in [4.69, 9.17) is 10.5 Å². The minimum absolute atomic E-state index is 0.154. The first kappa shape index (κ1) is 19.9. The molecule has 0 spiro atoms. The van der Waals surface area contributed by atoms with Gasteiger partial charge in [-0.2, -0.15) is 0 Å². The third kappa shape index (κ3) is 6.43. The van der Waals surface area contributed by atoms with E-state index >= 15 is 0 Å². The van der Waals surface area contributed by atoms with Gasteiger partial charge >= 0.3 is 12.0 Å². The lowest BCUT2D eigenvalue weighted by molar-refractivity contribution is -0.155. The number of amides is 3. The van der Waals surface area contributed by atoms with Crippen molar-refractivity contribution in [3.05, 3.63) is 66.0 Å². The summed E-state index contributed by atoms with van der Waals surface area (Å²) in [6.45, 7) is 1.37. The smallest absolute Gasteiger partial charge is 0.329 e. The number of halogens is 1. The minimum atomic E-state index is -1.16. The van der Waals surface area contributed by atoms with Crippen molar-refractivity contribution in [1.82, 2.24) is 5.32 Å². The SMILES string of the molecule is C[C@H](OC(=O)[C@H](Cc1ccccc1)NC(N)=O)C(=O)Nc1cccc(F)c1. The van der Waals surface area contributed by atoms with Crippen LogP contribution < -0.4 is 16.4 Å². The number of primary amides is 1. The number of anilines is 1. The van der Waals surface area contributed by atoms with E-state index in [9.17, 15) is 18.8 Å². The maximum Gasteiger partial charge on any atom is 0.329 e. The lowest BCUT2D eigenvalue weighted by Gasteiger charge is -2.19. The van der Waals surface area contributed by atoms with Crippen LogP contribution in [0.1, 0.15) is 12.5 Å². The Labute approximate surface area is 155 Å². The van der Waals surface area contributed by atoms with Gasteiger partial charge in [0.15, 0.2) is 6.10 Å². The molecule has 0 heterocycles. The van der Waals surface area contributed by atoms with E-state index in [0.29, 0.717) is 0 Å². The summed E-state index contributed by atoms with van der Waals surface area (Å²) in [7, 11) is 0. The molecule has 0 radical (unpaired) electrons. The van der Waals surface area contributed by atoms with Gasteiger partial charge in [0.05, 0.1) is 0 Å². The topological polar surface area (TPSA) is 111 Å². The van der Waals surface area contributed by atoms with Gasteiger partial charge in [-0.3, -0.25) is 4.79 Å². The highest BCUT2D eigenvalue weighted by atomic mass is 19.1. The molecule has 8 heteroatoms. The molecule has 2 rings (SSSR count). The average Bonchev–Trinajstić information content (AvgIpc) is 2.61. The Hall–Kier alpha value is -3.42. The summed E-state index contributed by atoms with van der Waals surface area (Å²) in [5.41, 5.74) is 6.14. The summed E-state index contributed by atoms with van der Waals surface area (Å²) in [6.07, 6.45) is -1.00. The molecule has 0 saturated heterocycles. The van der Waals surface area contributed by atoms with Gasteiger partial charge in [0.25, 0.3) is 5.91 Å². The summed E-state index contributed by atoms with van der Waals surface area (Å²) in [5.74, 6) is -1.95. The molecule has 0 saturated carbocycles. The van der Waals surface area contributed by atoms with Crippen LogP contribution in [0.15, 0.2) is 54.6 Å². The van der Waals surface area contributed by atoms with Crippen LogP contribution in [0, 0.1) is 5.82 Å². The standard InChI is InChI=1S/C19H20FN3O4/c1-12(17(24)22-15-9-5-8-14(20)11-15)27-18(25)16(23-19(21)26)10-13-6-3-2-4-7-13/h2-9,11-12,16H,10H2,1H3,(H,22,24)(H3,21,23,26)/t12-,16-/m0/s1. The molecule has 0 bridgehead atoms. The summed E-state index contributed by atoms with van der Waals surface area (Å²) >= 11 is 0. The molecule has 7 nitrogen and oxygen atoms in total. The van der Waals surface area contributed by atoms with Gasteiger partial charge in [-0.25, -0.2) is 14.0 Å². The number of nitrogens with two attached hydrogens (primary N) is 1. The van der Waals surface area contributed by atoms with Gasteiger partial charge in [-0.05, 0) is 30.7 Å². The lowest BCUT2D eigenvalue weighted by atomic mass is 10.1. The Balaban J connectivity index is 1.99. The highest BCUT2D eigenvalue weighted by Crippen LogP contribution is 2.11. The Morgan fingerprint density at radius 2 is 1.81 bits per heavy atom. The fourth-order valence-electron chi connectivity index (χ4n) is 2.33. The van der Waals surface area contributed by atoms with Crippen molar-refractivity contribution in [3.8, 4) is 0 Å². The Bertz CT molecular complexity index is 814. The minimum Gasteiger partial charge on any atom is -0.451 e. The number of carbonyl (C=O) groups is 3. The van der Waals surface area contributed by atoms with Gasteiger partial charge < -0.3 is 21.1 Å². The summed E-state index contributed by atoms with van der Waals surface area (Å²) in [5, 5.41) is 4.76. The summed E-state index contributed by atoms with van der Waals surface area (Å²) < 4.78 is 18.3.